The average Bonchev–Trinajstić information content (AvgIpc) is 2.68. The van der Waals surface area contributed by atoms with Crippen molar-refractivity contribution < 1.29 is 13.2 Å². The first-order valence-corrected chi connectivity index (χ1v) is 10.8. The van der Waals surface area contributed by atoms with Crippen LogP contribution in [-0.4, -0.2) is 38.6 Å². The minimum atomic E-state index is -3.41. The highest BCUT2D eigenvalue weighted by Gasteiger charge is 2.27. The molecule has 0 atom stereocenters. The molecule has 2 aromatic carbocycles. The first-order chi connectivity index (χ1) is 13.0. The van der Waals surface area contributed by atoms with Crippen molar-refractivity contribution in [3.8, 4) is 5.75 Å². The molecule has 1 fully saturated rings. The molecule has 0 aliphatic carbocycles. The van der Waals surface area contributed by atoms with Crippen molar-refractivity contribution >= 4 is 21.9 Å². The molecule has 1 saturated heterocycles. The van der Waals surface area contributed by atoms with Crippen molar-refractivity contribution in [2.45, 2.75) is 31.6 Å². The van der Waals surface area contributed by atoms with Gasteiger partial charge >= 0.3 is 0 Å². The van der Waals surface area contributed by atoms with Gasteiger partial charge in [0.15, 0.2) is 0 Å². The van der Waals surface area contributed by atoms with E-state index in [0.717, 1.165) is 29.8 Å². The molecule has 6 heteroatoms. The van der Waals surface area contributed by atoms with Crippen LogP contribution in [-0.2, 0) is 10.0 Å². The van der Waals surface area contributed by atoms with Crippen LogP contribution in [0.4, 0.5) is 5.69 Å². The topological polar surface area (TPSA) is 59.0 Å². The smallest absolute Gasteiger partial charge is 0.243 e. The average molecular weight is 387 g/mol. The zero-order valence-corrected chi connectivity index (χ0v) is 16.7. The van der Waals surface area contributed by atoms with E-state index in [9.17, 15) is 8.42 Å². The largest absolute Gasteiger partial charge is 0.494 e. The minimum Gasteiger partial charge on any atom is -0.494 e. The van der Waals surface area contributed by atoms with Crippen LogP contribution in [0.25, 0.3) is 0 Å². The Hall–Kier alpha value is -2.18. The van der Waals surface area contributed by atoms with Gasteiger partial charge in [-0.2, -0.15) is 4.31 Å². The third-order valence-corrected chi connectivity index (χ3v) is 6.68. The van der Waals surface area contributed by atoms with E-state index in [1.807, 2.05) is 31.2 Å². The van der Waals surface area contributed by atoms with Gasteiger partial charge in [-0.1, -0.05) is 6.92 Å². The maximum atomic E-state index is 12.7. The van der Waals surface area contributed by atoms with Crippen LogP contribution in [0.1, 0.15) is 32.3 Å². The second kappa shape index (κ2) is 8.67. The van der Waals surface area contributed by atoms with Crippen LogP contribution >= 0.6 is 0 Å². The fourth-order valence-electron chi connectivity index (χ4n) is 3.04. The maximum absolute atomic E-state index is 12.7. The molecule has 0 unspecified atom stereocenters. The van der Waals surface area contributed by atoms with Crippen LogP contribution in [0.5, 0.6) is 5.75 Å². The van der Waals surface area contributed by atoms with Crippen molar-refractivity contribution in [1.82, 2.24) is 4.31 Å². The summed E-state index contributed by atoms with van der Waals surface area (Å²) in [6.45, 7) is 5.95. The van der Waals surface area contributed by atoms with Gasteiger partial charge in [0.1, 0.15) is 5.75 Å². The van der Waals surface area contributed by atoms with E-state index in [1.54, 1.807) is 34.8 Å². The molecule has 2 aromatic rings. The molecule has 0 spiro atoms. The molecule has 0 saturated carbocycles. The number of aliphatic imine (C=N–C) groups is 1. The second-order valence-corrected chi connectivity index (χ2v) is 8.78. The van der Waals surface area contributed by atoms with Gasteiger partial charge in [-0.25, -0.2) is 8.42 Å². The van der Waals surface area contributed by atoms with Crippen LogP contribution in [0.2, 0.25) is 0 Å². The number of sulfonamides is 1. The van der Waals surface area contributed by atoms with Crippen molar-refractivity contribution in [3.05, 3.63) is 54.1 Å². The third kappa shape index (κ3) is 4.96. The Labute approximate surface area is 161 Å². The summed E-state index contributed by atoms with van der Waals surface area (Å²) in [7, 11) is -3.41. The summed E-state index contributed by atoms with van der Waals surface area (Å²) in [4.78, 5) is 4.75. The highest BCUT2D eigenvalue weighted by molar-refractivity contribution is 7.89. The molecule has 3 rings (SSSR count). The zero-order valence-electron chi connectivity index (χ0n) is 15.8. The Bertz CT molecular complexity index is 867. The molecule has 0 amide bonds. The summed E-state index contributed by atoms with van der Waals surface area (Å²) in [6, 6.07) is 14.4. The van der Waals surface area contributed by atoms with E-state index in [4.69, 9.17) is 4.74 Å². The van der Waals surface area contributed by atoms with Crippen LogP contribution < -0.4 is 4.74 Å². The number of rotatable bonds is 6. The van der Waals surface area contributed by atoms with Gasteiger partial charge in [0.2, 0.25) is 10.0 Å². The third-order valence-electron chi connectivity index (χ3n) is 4.77. The summed E-state index contributed by atoms with van der Waals surface area (Å²) >= 11 is 0. The van der Waals surface area contributed by atoms with Gasteiger partial charge in [0, 0.05) is 19.3 Å². The standard InChI is InChI=1S/C21H26N2O3S/c1-3-26-20-8-4-18(5-9-20)16-22-19-6-10-21(11-7-19)27(24,25)23-14-12-17(2)13-15-23/h4-11,16-17H,3,12-15H2,1-2H3. The summed E-state index contributed by atoms with van der Waals surface area (Å²) < 4.78 is 32.5. The fourth-order valence-corrected chi connectivity index (χ4v) is 4.51. The lowest BCUT2D eigenvalue weighted by molar-refractivity contribution is 0.288. The summed E-state index contributed by atoms with van der Waals surface area (Å²) in [5.74, 6) is 1.42. The predicted molar refractivity (Wildman–Crippen MR) is 108 cm³/mol. The monoisotopic (exact) mass is 386 g/mol. The summed E-state index contributed by atoms with van der Waals surface area (Å²) in [5.41, 5.74) is 1.67. The number of hydrogen-bond donors (Lipinski definition) is 0. The molecule has 27 heavy (non-hydrogen) atoms. The number of nitrogens with zero attached hydrogens (tertiary/aromatic N) is 2. The number of piperidine rings is 1. The molecular weight excluding hydrogens is 360 g/mol. The lowest BCUT2D eigenvalue weighted by Gasteiger charge is -2.29. The quantitative estimate of drug-likeness (QED) is 0.697. The van der Waals surface area contributed by atoms with Gasteiger partial charge in [-0.05, 0) is 79.8 Å². The molecule has 0 aromatic heterocycles. The SMILES string of the molecule is CCOc1ccc(C=Nc2ccc(S(=O)(=O)N3CCC(C)CC3)cc2)cc1. The Morgan fingerprint density at radius 3 is 2.30 bits per heavy atom. The zero-order chi connectivity index (χ0) is 19.3. The lowest BCUT2D eigenvalue weighted by Crippen LogP contribution is -2.37. The van der Waals surface area contributed by atoms with Crippen molar-refractivity contribution in [2.24, 2.45) is 10.9 Å². The molecule has 1 aliphatic heterocycles. The van der Waals surface area contributed by atoms with E-state index < -0.39 is 10.0 Å². The Morgan fingerprint density at radius 1 is 1.07 bits per heavy atom. The molecule has 0 N–H and O–H groups in total. The van der Waals surface area contributed by atoms with Gasteiger partial charge in [0.25, 0.3) is 0 Å². The molecular formula is C21H26N2O3S. The minimum absolute atomic E-state index is 0.331. The maximum Gasteiger partial charge on any atom is 0.243 e. The molecule has 0 bridgehead atoms. The number of ether oxygens (including phenoxy) is 1. The molecule has 144 valence electrons. The van der Waals surface area contributed by atoms with Gasteiger partial charge in [-0.3, -0.25) is 4.99 Å². The molecule has 1 aliphatic rings. The van der Waals surface area contributed by atoms with E-state index in [-0.39, 0.29) is 0 Å². The fraction of sp³-hybridized carbons (Fsp3) is 0.381. The lowest BCUT2D eigenvalue weighted by atomic mass is 10.0. The van der Waals surface area contributed by atoms with Crippen molar-refractivity contribution in [3.63, 3.8) is 0 Å². The highest BCUT2D eigenvalue weighted by atomic mass is 32.2. The van der Waals surface area contributed by atoms with Crippen molar-refractivity contribution in [2.75, 3.05) is 19.7 Å². The predicted octanol–water partition coefficient (Wildman–Crippen LogP) is 4.26. The van der Waals surface area contributed by atoms with E-state index in [1.165, 1.54) is 0 Å². The summed E-state index contributed by atoms with van der Waals surface area (Å²) in [5, 5.41) is 0. The van der Waals surface area contributed by atoms with Crippen LogP contribution in [0, 0.1) is 5.92 Å². The van der Waals surface area contributed by atoms with Gasteiger partial charge in [-0.15, -0.1) is 0 Å². The highest BCUT2D eigenvalue weighted by Crippen LogP contribution is 2.25. The van der Waals surface area contributed by atoms with E-state index >= 15 is 0 Å². The van der Waals surface area contributed by atoms with Crippen LogP contribution in [0.15, 0.2) is 58.4 Å². The summed E-state index contributed by atoms with van der Waals surface area (Å²) in [6.07, 6.45) is 3.60. The normalized spacial score (nSPS) is 16.7. The molecule has 0 radical (unpaired) electrons. The van der Waals surface area contributed by atoms with E-state index in [2.05, 4.69) is 11.9 Å². The molecule has 5 nitrogen and oxygen atoms in total. The van der Waals surface area contributed by atoms with Crippen molar-refractivity contribution in [1.29, 1.82) is 0 Å². The Balaban J connectivity index is 1.67. The Kier molecular flexibility index (Phi) is 6.29. The second-order valence-electron chi connectivity index (χ2n) is 6.84. The number of hydrogen-bond acceptors (Lipinski definition) is 4. The van der Waals surface area contributed by atoms with Crippen LogP contribution in [0.3, 0.4) is 0 Å². The van der Waals surface area contributed by atoms with Gasteiger partial charge in [0.05, 0.1) is 17.2 Å². The Morgan fingerprint density at radius 2 is 1.70 bits per heavy atom. The number of benzene rings is 2. The van der Waals surface area contributed by atoms with Gasteiger partial charge < -0.3 is 4.74 Å². The first-order valence-electron chi connectivity index (χ1n) is 9.36. The molecule has 1 heterocycles. The van der Waals surface area contributed by atoms with E-state index in [0.29, 0.717) is 30.5 Å². The first kappa shape index (κ1) is 19.6.